The van der Waals surface area contributed by atoms with Crippen molar-refractivity contribution in [1.29, 1.82) is 5.41 Å². The molecule has 0 fully saturated rings. The van der Waals surface area contributed by atoms with E-state index in [1.54, 1.807) is 6.92 Å². The minimum Gasteiger partial charge on any atom is -0.480 e. The highest BCUT2D eigenvalue weighted by molar-refractivity contribution is 5.84. The Morgan fingerprint density at radius 2 is 1.50 bits per heavy atom. The van der Waals surface area contributed by atoms with E-state index < -0.39 is 24.6 Å². The lowest BCUT2D eigenvalue weighted by atomic mass is 10.1. The van der Waals surface area contributed by atoms with E-state index in [1.165, 1.54) is 38.5 Å². The summed E-state index contributed by atoms with van der Waals surface area (Å²) in [5.41, 5.74) is 5.23. The van der Waals surface area contributed by atoms with Crippen molar-refractivity contribution in [2.75, 3.05) is 19.8 Å². The number of aliphatic carboxylic acids is 1. The van der Waals surface area contributed by atoms with Crippen molar-refractivity contribution < 1.29 is 29.3 Å². The molecule has 0 aliphatic rings. The van der Waals surface area contributed by atoms with Crippen LogP contribution in [0.25, 0.3) is 0 Å². The first-order valence-corrected chi connectivity index (χ1v) is 11.6. The van der Waals surface area contributed by atoms with E-state index in [-0.39, 0.29) is 18.5 Å². The van der Waals surface area contributed by atoms with Crippen LogP contribution in [0.2, 0.25) is 0 Å². The number of amides is 1. The smallest absolute Gasteiger partial charge is 0.329 e. The topological polar surface area (TPSA) is 175 Å². The summed E-state index contributed by atoms with van der Waals surface area (Å²) in [5, 5.41) is 27.6. The van der Waals surface area contributed by atoms with Gasteiger partial charge in [0, 0.05) is 13.0 Å². The Morgan fingerprint density at radius 1 is 0.969 bits per heavy atom. The first-order chi connectivity index (χ1) is 15.3. The maximum Gasteiger partial charge on any atom is 0.329 e. The molecule has 0 rings (SSSR count). The highest BCUT2D eigenvalue weighted by Gasteiger charge is 2.21. The van der Waals surface area contributed by atoms with E-state index >= 15 is 0 Å². The molecule has 10 heteroatoms. The van der Waals surface area contributed by atoms with Crippen LogP contribution in [0.1, 0.15) is 90.9 Å². The SMILES string of the molecule is CCCCCCCCCCCC(=O)NC(CCCNC(=N)N)C(=O)OCC.O=C(O)CO. The average molecular weight is 461 g/mol. The van der Waals surface area contributed by atoms with Crippen LogP contribution in [-0.2, 0) is 19.1 Å². The Morgan fingerprint density at radius 3 is 1.97 bits per heavy atom. The molecule has 0 heterocycles. The molecule has 0 aliphatic carbocycles. The molecule has 0 bridgehead atoms. The molecule has 0 aromatic carbocycles. The van der Waals surface area contributed by atoms with Crippen molar-refractivity contribution in [1.82, 2.24) is 10.6 Å². The maximum atomic E-state index is 12.1. The van der Waals surface area contributed by atoms with Crippen LogP contribution in [0.15, 0.2) is 0 Å². The summed E-state index contributed by atoms with van der Waals surface area (Å²) in [6.07, 6.45) is 12.3. The fourth-order valence-electron chi connectivity index (χ4n) is 2.88. The van der Waals surface area contributed by atoms with Gasteiger partial charge in [-0.2, -0.15) is 0 Å². The van der Waals surface area contributed by atoms with E-state index in [0.29, 0.717) is 25.8 Å². The van der Waals surface area contributed by atoms with Crippen molar-refractivity contribution in [3.8, 4) is 0 Å². The Kier molecular flexibility index (Phi) is 23.2. The van der Waals surface area contributed by atoms with Crippen molar-refractivity contribution in [3.63, 3.8) is 0 Å². The second-order valence-corrected chi connectivity index (χ2v) is 7.49. The van der Waals surface area contributed by atoms with Gasteiger partial charge in [0.05, 0.1) is 6.61 Å². The average Bonchev–Trinajstić information content (AvgIpc) is 2.75. The third kappa shape index (κ3) is 23.9. The molecule has 32 heavy (non-hydrogen) atoms. The van der Waals surface area contributed by atoms with Crippen LogP contribution < -0.4 is 16.4 Å². The summed E-state index contributed by atoms with van der Waals surface area (Å²) in [4.78, 5) is 33.2. The van der Waals surface area contributed by atoms with Gasteiger partial charge >= 0.3 is 11.9 Å². The zero-order valence-electron chi connectivity index (χ0n) is 19.8. The molecule has 0 aromatic heterocycles. The first-order valence-electron chi connectivity index (χ1n) is 11.6. The zero-order valence-corrected chi connectivity index (χ0v) is 19.8. The van der Waals surface area contributed by atoms with Gasteiger partial charge in [-0.1, -0.05) is 58.3 Å². The van der Waals surface area contributed by atoms with E-state index in [9.17, 15) is 9.59 Å². The number of carboxylic acid groups (broad SMARTS) is 1. The van der Waals surface area contributed by atoms with E-state index in [1.807, 2.05) is 0 Å². The lowest BCUT2D eigenvalue weighted by molar-refractivity contribution is -0.147. The molecule has 1 unspecified atom stereocenters. The molecule has 0 aliphatic heterocycles. The maximum absolute atomic E-state index is 12.1. The molecule has 1 atom stereocenters. The van der Waals surface area contributed by atoms with Crippen LogP contribution in [-0.4, -0.2) is 59.8 Å². The molecule has 7 N–H and O–H groups in total. The lowest BCUT2D eigenvalue weighted by Crippen LogP contribution is -2.42. The van der Waals surface area contributed by atoms with Gasteiger partial charge in [-0.15, -0.1) is 0 Å². The standard InChI is InChI=1S/C20H40N4O3.C2H4O3/c1-3-5-6-7-8-9-10-11-12-15-18(25)24-17(19(26)27-4-2)14-13-16-23-20(21)22;3-1-2(4)5/h17H,3-16H2,1-2H3,(H,24,25)(H4,21,22,23);3H,1H2,(H,4,5). The van der Waals surface area contributed by atoms with Crippen LogP contribution >= 0.6 is 0 Å². The van der Waals surface area contributed by atoms with Gasteiger partial charge in [0.1, 0.15) is 12.6 Å². The number of aliphatic hydroxyl groups is 1. The number of nitrogens with two attached hydrogens (primary N) is 1. The highest BCUT2D eigenvalue weighted by atomic mass is 16.5. The third-order valence-electron chi connectivity index (χ3n) is 4.53. The quantitative estimate of drug-likeness (QED) is 0.0781. The van der Waals surface area contributed by atoms with Crippen LogP contribution in [0.4, 0.5) is 0 Å². The molecular formula is C22H44N4O6. The van der Waals surface area contributed by atoms with Crippen LogP contribution in [0.5, 0.6) is 0 Å². The zero-order chi connectivity index (χ0) is 24.6. The number of unbranched alkanes of at least 4 members (excludes halogenated alkanes) is 8. The van der Waals surface area contributed by atoms with Gasteiger partial charge in [-0.25, -0.2) is 9.59 Å². The molecule has 10 nitrogen and oxygen atoms in total. The predicted octanol–water partition coefficient (Wildman–Crippen LogP) is 2.28. The monoisotopic (exact) mass is 460 g/mol. The number of rotatable bonds is 18. The summed E-state index contributed by atoms with van der Waals surface area (Å²) in [6, 6.07) is -0.634. The molecule has 188 valence electrons. The summed E-state index contributed by atoms with van der Waals surface area (Å²) < 4.78 is 5.04. The molecule has 0 aromatic rings. The molecule has 0 spiro atoms. The second kappa shape index (κ2) is 23.3. The second-order valence-electron chi connectivity index (χ2n) is 7.49. The fourth-order valence-corrected chi connectivity index (χ4v) is 2.88. The van der Waals surface area contributed by atoms with E-state index in [0.717, 1.165) is 19.3 Å². The van der Waals surface area contributed by atoms with Gasteiger partial charge in [0.25, 0.3) is 0 Å². The fraction of sp³-hybridized carbons (Fsp3) is 0.818. The van der Waals surface area contributed by atoms with E-state index in [4.69, 9.17) is 30.9 Å². The number of aliphatic hydroxyl groups excluding tert-OH is 1. The van der Waals surface area contributed by atoms with Gasteiger partial charge < -0.3 is 31.3 Å². The van der Waals surface area contributed by atoms with Gasteiger partial charge in [-0.05, 0) is 26.2 Å². The number of guanidine groups is 1. The summed E-state index contributed by atoms with van der Waals surface area (Å²) in [7, 11) is 0. The Hall–Kier alpha value is -2.36. The van der Waals surface area contributed by atoms with Crippen LogP contribution in [0, 0.1) is 5.41 Å². The van der Waals surface area contributed by atoms with Gasteiger partial charge in [-0.3, -0.25) is 10.2 Å². The van der Waals surface area contributed by atoms with E-state index in [2.05, 4.69) is 17.6 Å². The molecule has 1 amide bonds. The van der Waals surface area contributed by atoms with Crippen molar-refractivity contribution in [3.05, 3.63) is 0 Å². The summed E-state index contributed by atoms with van der Waals surface area (Å²) in [5.74, 6) is -1.79. The minimum absolute atomic E-state index is 0.0999. The van der Waals surface area contributed by atoms with Crippen molar-refractivity contribution in [2.24, 2.45) is 5.73 Å². The highest BCUT2D eigenvalue weighted by Crippen LogP contribution is 2.10. The number of carboxylic acids is 1. The Balaban J connectivity index is 0. The number of hydrogen-bond donors (Lipinski definition) is 6. The van der Waals surface area contributed by atoms with Crippen molar-refractivity contribution in [2.45, 2.75) is 96.9 Å². The third-order valence-corrected chi connectivity index (χ3v) is 4.53. The lowest BCUT2D eigenvalue weighted by Gasteiger charge is -2.17. The number of nitrogens with one attached hydrogen (secondary N) is 3. The van der Waals surface area contributed by atoms with Crippen molar-refractivity contribution >= 4 is 23.8 Å². The molecule has 0 radical (unpaired) electrons. The number of carbonyl (C=O) groups is 3. The Labute approximate surface area is 192 Å². The summed E-state index contributed by atoms with van der Waals surface area (Å²) >= 11 is 0. The number of esters is 1. The minimum atomic E-state index is -1.19. The number of hydrogen-bond acceptors (Lipinski definition) is 6. The largest absolute Gasteiger partial charge is 0.480 e. The summed E-state index contributed by atoms with van der Waals surface area (Å²) in [6.45, 7) is 3.96. The molecule has 0 saturated heterocycles. The molecule has 0 saturated carbocycles. The van der Waals surface area contributed by atoms with Crippen LogP contribution in [0.3, 0.4) is 0 Å². The van der Waals surface area contributed by atoms with Gasteiger partial charge in [0.15, 0.2) is 5.96 Å². The molecular weight excluding hydrogens is 416 g/mol. The number of ether oxygens (including phenoxy) is 1. The predicted molar refractivity (Wildman–Crippen MR) is 124 cm³/mol. The normalized spacial score (nSPS) is 11.0. The first kappa shape index (κ1) is 31.8. The Bertz CT molecular complexity index is 517. The number of carbonyl (C=O) groups excluding carboxylic acids is 2. The van der Waals surface area contributed by atoms with Gasteiger partial charge in [0.2, 0.25) is 5.91 Å².